The van der Waals surface area contributed by atoms with Crippen molar-refractivity contribution in [2.45, 2.75) is 26.5 Å². The molecule has 0 bridgehead atoms. The lowest BCUT2D eigenvalue weighted by Crippen LogP contribution is -2.14. The number of hydrogen-bond donors (Lipinski definition) is 1. The summed E-state index contributed by atoms with van der Waals surface area (Å²) >= 11 is 3.44. The zero-order valence-electron chi connectivity index (χ0n) is 11.8. The van der Waals surface area contributed by atoms with Crippen LogP contribution in [0, 0.1) is 13.8 Å². The average Bonchev–Trinajstić information content (AvgIpc) is 2.75. The number of halogens is 1. The van der Waals surface area contributed by atoms with Crippen molar-refractivity contribution in [2.75, 3.05) is 13.7 Å². The molecule has 5 nitrogen and oxygen atoms in total. The Labute approximate surface area is 126 Å². The summed E-state index contributed by atoms with van der Waals surface area (Å²) in [5.41, 5.74) is 3.32. The Kier molecular flexibility index (Phi) is 4.91. The van der Waals surface area contributed by atoms with Gasteiger partial charge in [-0.2, -0.15) is 5.10 Å². The molecular weight excluding hydrogens is 322 g/mol. The van der Waals surface area contributed by atoms with Gasteiger partial charge in [0.2, 0.25) is 0 Å². The molecule has 0 aliphatic heterocycles. The zero-order chi connectivity index (χ0) is 14.7. The highest BCUT2D eigenvalue weighted by molar-refractivity contribution is 9.10. The van der Waals surface area contributed by atoms with Gasteiger partial charge < -0.3 is 9.84 Å². The van der Waals surface area contributed by atoms with Crippen molar-refractivity contribution in [3.05, 3.63) is 45.4 Å². The second-order valence-corrected chi connectivity index (χ2v) is 5.53. The van der Waals surface area contributed by atoms with E-state index < -0.39 is 6.10 Å². The summed E-state index contributed by atoms with van der Waals surface area (Å²) in [5, 5.41) is 14.9. The number of methoxy groups -OCH3 is 1. The molecule has 1 unspecified atom stereocenters. The first-order valence-corrected chi connectivity index (χ1v) is 7.15. The summed E-state index contributed by atoms with van der Waals surface area (Å²) in [4.78, 5) is 4.33. The van der Waals surface area contributed by atoms with E-state index in [0.29, 0.717) is 13.2 Å². The van der Waals surface area contributed by atoms with E-state index in [4.69, 9.17) is 4.74 Å². The van der Waals surface area contributed by atoms with Crippen molar-refractivity contribution < 1.29 is 9.84 Å². The number of aromatic nitrogens is 3. The molecule has 2 rings (SSSR count). The average molecular weight is 340 g/mol. The van der Waals surface area contributed by atoms with E-state index in [2.05, 4.69) is 26.0 Å². The van der Waals surface area contributed by atoms with E-state index >= 15 is 0 Å². The van der Waals surface area contributed by atoms with Crippen LogP contribution in [0.15, 0.2) is 22.8 Å². The van der Waals surface area contributed by atoms with Gasteiger partial charge in [-0.25, -0.2) is 0 Å². The van der Waals surface area contributed by atoms with E-state index in [0.717, 1.165) is 27.1 Å². The maximum atomic E-state index is 10.6. The molecule has 0 aromatic carbocycles. The monoisotopic (exact) mass is 339 g/mol. The fourth-order valence-electron chi connectivity index (χ4n) is 2.18. The van der Waals surface area contributed by atoms with Crippen molar-refractivity contribution in [1.29, 1.82) is 0 Å². The summed E-state index contributed by atoms with van der Waals surface area (Å²) in [6.45, 7) is 4.97. The number of aryl methyl sites for hydroxylation is 2. The lowest BCUT2D eigenvalue weighted by Gasteiger charge is -2.15. The molecule has 0 saturated carbocycles. The maximum absolute atomic E-state index is 10.6. The molecule has 0 saturated heterocycles. The van der Waals surface area contributed by atoms with E-state index in [9.17, 15) is 5.11 Å². The third kappa shape index (κ3) is 3.26. The number of rotatable bonds is 5. The minimum Gasteiger partial charge on any atom is -0.383 e. The van der Waals surface area contributed by atoms with Crippen molar-refractivity contribution in [3.8, 4) is 0 Å². The van der Waals surface area contributed by atoms with Gasteiger partial charge in [-0.15, -0.1) is 0 Å². The lowest BCUT2D eigenvalue weighted by molar-refractivity contribution is 0.171. The highest BCUT2D eigenvalue weighted by Gasteiger charge is 2.20. The Bertz CT molecular complexity index is 578. The number of nitrogens with zero attached hydrogens (tertiary/aromatic N) is 3. The van der Waals surface area contributed by atoms with Crippen LogP contribution in [-0.2, 0) is 11.3 Å². The molecule has 0 spiro atoms. The van der Waals surface area contributed by atoms with E-state index in [1.54, 1.807) is 18.0 Å². The van der Waals surface area contributed by atoms with Crippen molar-refractivity contribution >= 4 is 15.9 Å². The molecule has 0 aliphatic carbocycles. The Hall–Kier alpha value is -1.24. The van der Waals surface area contributed by atoms with Gasteiger partial charge in [-0.3, -0.25) is 9.67 Å². The predicted molar refractivity (Wildman–Crippen MR) is 79.6 cm³/mol. The number of ether oxygens (including phenoxy) is 1. The van der Waals surface area contributed by atoms with Crippen LogP contribution < -0.4 is 0 Å². The summed E-state index contributed by atoms with van der Waals surface area (Å²) in [6, 6.07) is 3.77. The zero-order valence-corrected chi connectivity index (χ0v) is 13.4. The molecule has 2 heterocycles. The number of aliphatic hydroxyl groups is 1. The minimum atomic E-state index is -0.746. The highest BCUT2D eigenvalue weighted by atomic mass is 79.9. The summed E-state index contributed by atoms with van der Waals surface area (Å²) < 4.78 is 7.60. The molecule has 0 aliphatic rings. The molecule has 0 amide bonds. The van der Waals surface area contributed by atoms with Crippen LogP contribution in [0.3, 0.4) is 0 Å². The van der Waals surface area contributed by atoms with E-state index in [-0.39, 0.29) is 0 Å². The van der Waals surface area contributed by atoms with Gasteiger partial charge in [0, 0.05) is 18.5 Å². The van der Waals surface area contributed by atoms with Crippen molar-refractivity contribution in [1.82, 2.24) is 14.8 Å². The number of pyridine rings is 1. The van der Waals surface area contributed by atoms with Crippen LogP contribution in [-0.4, -0.2) is 33.6 Å². The van der Waals surface area contributed by atoms with Crippen LogP contribution in [0.2, 0.25) is 0 Å². The topological polar surface area (TPSA) is 60.2 Å². The van der Waals surface area contributed by atoms with Crippen LogP contribution in [0.4, 0.5) is 0 Å². The van der Waals surface area contributed by atoms with E-state index in [1.807, 2.05) is 26.0 Å². The fourth-order valence-corrected chi connectivity index (χ4v) is 2.70. The standard InChI is InChI=1S/C14H18BrN3O2/c1-9-6-11(7-10(2)17-9)14(19)13-12(15)8-16-18(13)4-5-20-3/h6-8,14,19H,4-5H2,1-3H3. The molecule has 6 heteroatoms. The first-order valence-electron chi connectivity index (χ1n) is 6.36. The second kappa shape index (κ2) is 6.47. The highest BCUT2D eigenvalue weighted by Crippen LogP contribution is 2.29. The molecule has 108 valence electrons. The van der Waals surface area contributed by atoms with Gasteiger partial charge in [0.25, 0.3) is 0 Å². The quantitative estimate of drug-likeness (QED) is 0.908. The first-order chi connectivity index (χ1) is 9.52. The molecule has 0 fully saturated rings. The molecule has 2 aromatic heterocycles. The van der Waals surface area contributed by atoms with Crippen LogP contribution in [0.25, 0.3) is 0 Å². The maximum Gasteiger partial charge on any atom is 0.122 e. The predicted octanol–water partition coefficient (Wildman–Crippen LogP) is 2.39. The lowest BCUT2D eigenvalue weighted by atomic mass is 10.1. The Morgan fingerprint density at radius 2 is 2.00 bits per heavy atom. The molecule has 1 atom stereocenters. The van der Waals surface area contributed by atoms with Crippen molar-refractivity contribution in [2.24, 2.45) is 0 Å². The van der Waals surface area contributed by atoms with Crippen LogP contribution in [0.5, 0.6) is 0 Å². The van der Waals surface area contributed by atoms with Gasteiger partial charge in [-0.05, 0) is 47.5 Å². The second-order valence-electron chi connectivity index (χ2n) is 4.68. The molecular formula is C14H18BrN3O2. The third-order valence-corrected chi connectivity index (χ3v) is 3.63. The third-order valence-electron chi connectivity index (χ3n) is 3.02. The smallest absolute Gasteiger partial charge is 0.122 e. The van der Waals surface area contributed by atoms with Gasteiger partial charge in [0.1, 0.15) is 6.10 Å². The summed E-state index contributed by atoms with van der Waals surface area (Å²) in [7, 11) is 1.64. The SMILES string of the molecule is COCCn1ncc(Br)c1C(O)c1cc(C)nc(C)c1. The Morgan fingerprint density at radius 3 is 2.60 bits per heavy atom. The molecule has 2 aromatic rings. The van der Waals surface area contributed by atoms with Gasteiger partial charge in [-0.1, -0.05) is 0 Å². The largest absolute Gasteiger partial charge is 0.383 e. The minimum absolute atomic E-state index is 0.544. The molecule has 20 heavy (non-hydrogen) atoms. The normalized spacial score (nSPS) is 12.7. The van der Waals surface area contributed by atoms with Gasteiger partial charge >= 0.3 is 0 Å². The fraction of sp³-hybridized carbons (Fsp3) is 0.429. The summed E-state index contributed by atoms with van der Waals surface area (Å²) in [5.74, 6) is 0. The molecule has 0 radical (unpaired) electrons. The molecule has 1 N–H and O–H groups in total. The number of hydrogen-bond acceptors (Lipinski definition) is 4. The number of aliphatic hydroxyl groups excluding tert-OH is 1. The Balaban J connectivity index is 2.36. The Morgan fingerprint density at radius 1 is 1.35 bits per heavy atom. The van der Waals surface area contributed by atoms with Gasteiger partial charge in [0.15, 0.2) is 0 Å². The van der Waals surface area contributed by atoms with Crippen molar-refractivity contribution in [3.63, 3.8) is 0 Å². The first kappa shape index (κ1) is 15.2. The van der Waals surface area contributed by atoms with E-state index in [1.165, 1.54) is 0 Å². The summed E-state index contributed by atoms with van der Waals surface area (Å²) in [6.07, 6.45) is 0.943. The van der Waals surface area contributed by atoms with Crippen LogP contribution in [0.1, 0.15) is 28.7 Å². The van der Waals surface area contributed by atoms with Crippen LogP contribution >= 0.6 is 15.9 Å². The van der Waals surface area contributed by atoms with Gasteiger partial charge in [0.05, 0.1) is 29.5 Å².